The van der Waals surface area contributed by atoms with Crippen molar-refractivity contribution in [2.24, 2.45) is 0 Å². The molecular formula is C15H21BrClNO. The van der Waals surface area contributed by atoms with Crippen LogP contribution in [0.4, 0.5) is 0 Å². The molecule has 2 rings (SSSR count). The normalized spacial score (nSPS) is 17.1. The molecule has 1 aliphatic rings. The zero-order chi connectivity index (χ0) is 13.8. The third-order valence-electron chi connectivity index (χ3n) is 3.99. The van der Waals surface area contributed by atoms with Crippen molar-refractivity contribution in [2.45, 2.75) is 51.6 Å². The van der Waals surface area contributed by atoms with Crippen LogP contribution in [0, 0.1) is 0 Å². The van der Waals surface area contributed by atoms with Crippen LogP contribution in [0.15, 0.2) is 16.6 Å². The van der Waals surface area contributed by atoms with Crippen molar-refractivity contribution in [3.05, 3.63) is 27.2 Å². The van der Waals surface area contributed by atoms with Gasteiger partial charge in [0, 0.05) is 17.1 Å². The molecular weight excluding hydrogens is 326 g/mol. The number of rotatable bonds is 4. The second-order valence-corrected chi connectivity index (χ2v) is 6.51. The van der Waals surface area contributed by atoms with E-state index in [0.29, 0.717) is 11.1 Å². The number of phenols is 1. The van der Waals surface area contributed by atoms with E-state index >= 15 is 0 Å². The van der Waals surface area contributed by atoms with Gasteiger partial charge in [-0.2, -0.15) is 0 Å². The van der Waals surface area contributed by atoms with Gasteiger partial charge >= 0.3 is 0 Å². The van der Waals surface area contributed by atoms with Gasteiger partial charge in [-0.3, -0.25) is 4.90 Å². The van der Waals surface area contributed by atoms with Crippen molar-refractivity contribution in [2.75, 3.05) is 6.54 Å². The van der Waals surface area contributed by atoms with Gasteiger partial charge in [-0.05, 0) is 37.1 Å². The van der Waals surface area contributed by atoms with Crippen LogP contribution >= 0.6 is 27.5 Å². The molecule has 0 heterocycles. The second kappa shape index (κ2) is 6.96. The van der Waals surface area contributed by atoms with Gasteiger partial charge in [0.25, 0.3) is 0 Å². The lowest BCUT2D eigenvalue weighted by atomic mass is 9.94. The van der Waals surface area contributed by atoms with Crippen LogP contribution < -0.4 is 0 Å². The highest BCUT2D eigenvalue weighted by molar-refractivity contribution is 9.10. The average Bonchev–Trinajstić information content (AvgIpc) is 2.42. The summed E-state index contributed by atoms with van der Waals surface area (Å²) in [6.07, 6.45) is 6.65. The van der Waals surface area contributed by atoms with Crippen LogP contribution in [-0.4, -0.2) is 22.6 Å². The third-order valence-corrected chi connectivity index (χ3v) is 5.03. The van der Waals surface area contributed by atoms with Crippen LogP contribution in [0.1, 0.15) is 44.6 Å². The molecule has 2 nitrogen and oxygen atoms in total. The Hall–Kier alpha value is -0.250. The van der Waals surface area contributed by atoms with Crippen molar-refractivity contribution < 1.29 is 5.11 Å². The predicted octanol–water partition coefficient (Wildman–Crippen LogP) is 4.96. The first kappa shape index (κ1) is 15.1. The highest BCUT2D eigenvalue weighted by atomic mass is 79.9. The quantitative estimate of drug-likeness (QED) is 0.832. The Morgan fingerprint density at radius 1 is 1.32 bits per heavy atom. The van der Waals surface area contributed by atoms with E-state index < -0.39 is 0 Å². The molecule has 1 aromatic carbocycles. The molecule has 1 aromatic rings. The van der Waals surface area contributed by atoms with Crippen LogP contribution in [0.2, 0.25) is 5.02 Å². The summed E-state index contributed by atoms with van der Waals surface area (Å²) in [7, 11) is 0. The number of aromatic hydroxyl groups is 1. The van der Waals surface area contributed by atoms with Gasteiger partial charge in [0.05, 0.1) is 5.02 Å². The van der Waals surface area contributed by atoms with Gasteiger partial charge in [-0.25, -0.2) is 0 Å². The van der Waals surface area contributed by atoms with Gasteiger partial charge in [-0.15, -0.1) is 0 Å². The summed E-state index contributed by atoms with van der Waals surface area (Å²) >= 11 is 9.45. The smallest absolute Gasteiger partial charge is 0.134 e. The predicted molar refractivity (Wildman–Crippen MR) is 83.8 cm³/mol. The molecule has 4 heteroatoms. The summed E-state index contributed by atoms with van der Waals surface area (Å²) in [6.45, 7) is 4.12. The minimum atomic E-state index is 0.166. The van der Waals surface area contributed by atoms with E-state index in [9.17, 15) is 5.11 Å². The van der Waals surface area contributed by atoms with E-state index in [2.05, 4.69) is 27.8 Å². The summed E-state index contributed by atoms with van der Waals surface area (Å²) in [5.74, 6) is 0.166. The fraction of sp³-hybridized carbons (Fsp3) is 0.600. The Morgan fingerprint density at radius 3 is 2.63 bits per heavy atom. The first-order valence-electron chi connectivity index (χ1n) is 7.02. The second-order valence-electron chi connectivity index (χ2n) is 5.25. The van der Waals surface area contributed by atoms with Gasteiger partial charge in [0.15, 0.2) is 0 Å². The highest BCUT2D eigenvalue weighted by Gasteiger charge is 2.21. The number of benzene rings is 1. The van der Waals surface area contributed by atoms with Crippen molar-refractivity contribution in [1.82, 2.24) is 4.90 Å². The van der Waals surface area contributed by atoms with Crippen molar-refractivity contribution >= 4 is 27.5 Å². The molecule has 1 saturated carbocycles. The molecule has 19 heavy (non-hydrogen) atoms. The lowest BCUT2D eigenvalue weighted by molar-refractivity contribution is 0.155. The zero-order valence-electron chi connectivity index (χ0n) is 11.3. The molecule has 0 aliphatic heterocycles. The first-order chi connectivity index (χ1) is 9.11. The number of nitrogens with zero attached hydrogens (tertiary/aromatic N) is 1. The standard InChI is InChI=1S/C15H21BrClNO/c1-2-18(12-6-4-3-5-7-12)10-11-8-15(19)14(17)9-13(11)16/h8-9,12,19H,2-7,10H2,1H3. The molecule has 0 saturated heterocycles. The molecule has 0 atom stereocenters. The van der Waals surface area contributed by atoms with E-state index in [4.69, 9.17) is 11.6 Å². The lowest BCUT2D eigenvalue weighted by Crippen LogP contribution is -2.36. The maximum absolute atomic E-state index is 9.75. The summed E-state index contributed by atoms with van der Waals surface area (Å²) < 4.78 is 0.976. The maximum Gasteiger partial charge on any atom is 0.134 e. The van der Waals surface area contributed by atoms with Crippen LogP contribution in [0.25, 0.3) is 0 Å². The Labute approximate surface area is 128 Å². The van der Waals surface area contributed by atoms with Crippen LogP contribution in [-0.2, 0) is 6.54 Å². The highest BCUT2D eigenvalue weighted by Crippen LogP contribution is 2.32. The van der Waals surface area contributed by atoms with E-state index in [0.717, 1.165) is 23.1 Å². The van der Waals surface area contributed by atoms with Crippen molar-refractivity contribution in [3.8, 4) is 5.75 Å². The Bertz CT molecular complexity index is 432. The minimum absolute atomic E-state index is 0.166. The molecule has 1 aliphatic carbocycles. The fourth-order valence-electron chi connectivity index (χ4n) is 2.87. The van der Waals surface area contributed by atoms with Crippen LogP contribution in [0.5, 0.6) is 5.75 Å². The first-order valence-corrected chi connectivity index (χ1v) is 8.20. The lowest BCUT2D eigenvalue weighted by Gasteiger charge is -2.33. The van der Waals surface area contributed by atoms with E-state index in [1.807, 2.05) is 0 Å². The van der Waals surface area contributed by atoms with Gasteiger partial charge in [0.2, 0.25) is 0 Å². The molecule has 0 radical (unpaired) electrons. The summed E-state index contributed by atoms with van der Waals surface area (Å²) in [4.78, 5) is 2.51. The Kier molecular flexibility index (Phi) is 5.55. The Balaban J connectivity index is 2.11. The topological polar surface area (TPSA) is 23.5 Å². The summed E-state index contributed by atoms with van der Waals surface area (Å²) in [5, 5.41) is 10.1. The zero-order valence-corrected chi connectivity index (χ0v) is 13.7. The number of halogens is 2. The summed E-state index contributed by atoms with van der Waals surface area (Å²) in [6, 6.07) is 4.24. The third kappa shape index (κ3) is 3.87. The SMILES string of the molecule is CCN(Cc1cc(O)c(Cl)cc1Br)C1CCCCC1. The van der Waals surface area contributed by atoms with Crippen molar-refractivity contribution in [1.29, 1.82) is 0 Å². The minimum Gasteiger partial charge on any atom is -0.506 e. The maximum atomic E-state index is 9.75. The molecule has 0 aromatic heterocycles. The molecule has 0 unspecified atom stereocenters. The molecule has 0 bridgehead atoms. The van der Waals surface area contributed by atoms with E-state index in [1.165, 1.54) is 32.1 Å². The molecule has 1 N–H and O–H groups in total. The molecule has 1 fully saturated rings. The molecule has 106 valence electrons. The largest absolute Gasteiger partial charge is 0.506 e. The summed E-state index contributed by atoms with van der Waals surface area (Å²) in [5.41, 5.74) is 1.11. The van der Waals surface area contributed by atoms with Gasteiger partial charge < -0.3 is 5.11 Å². The van der Waals surface area contributed by atoms with Crippen molar-refractivity contribution in [3.63, 3.8) is 0 Å². The number of phenolic OH excluding ortho intramolecular Hbond substituents is 1. The van der Waals surface area contributed by atoms with Crippen LogP contribution in [0.3, 0.4) is 0 Å². The van der Waals surface area contributed by atoms with E-state index in [1.54, 1.807) is 12.1 Å². The van der Waals surface area contributed by atoms with E-state index in [-0.39, 0.29) is 5.75 Å². The van der Waals surface area contributed by atoms with Gasteiger partial charge in [0.1, 0.15) is 5.75 Å². The number of hydrogen-bond donors (Lipinski definition) is 1. The Morgan fingerprint density at radius 2 is 2.00 bits per heavy atom. The molecule has 0 amide bonds. The fourth-order valence-corrected chi connectivity index (χ4v) is 3.63. The van der Waals surface area contributed by atoms with Gasteiger partial charge in [-0.1, -0.05) is 53.7 Å². The average molecular weight is 347 g/mol. The molecule has 0 spiro atoms. The number of hydrogen-bond acceptors (Lipinski definition) is 2. The monoisotopic (exact) mass is 345 g/mol.